The van der Waals surface area contributed by atoms with E-state index in [1.807, 2.05) is 46.8 Å². The fraction of sp³-hybridized carbons (Fsp3) is 0.360. The lowest BCUT2D eigenvalue weighted by Crippen LogP contribution is -2.50. The lowest BCUT2D eigenvalue weighted by atomic mass is 10.00. The summed E-state index contributed by atoms with van der Waals surface area (Å²) in [5.41, 5.74) is 12.9. The number of aryl methyl sites for hydroxylation is 3. The summed E-state index contributed by atoms with van der Waals surface area (Å²) in [6.07, 6.45) is 0.671. The van der Waals surface area contributed by atoms with Crippen molar-refractivity contribution in [2.24, 2.45) is 5.73 Å². The van der Waals surface area contributed by atoms with Crippen LogP contribution in [0.15, 0.2) is 34.7 Å². The summed E-state index contributed by atoms with van der Waals surface area (Å²) in [6.45, 7) is 11.3. The summed E-state index contributed by atoms with van der Waals surface area (Å²) < 4.78 is 9.84. The van der Waals surface area contributed by atoms with Gasteiger partial charge in [-0.15, -0.1) is 0 Å². The molecule has 0 aliphatic heterocycles. The van der Waals surface area contributed by atoms with E-state index in [1.165, 1.54) is 4.90 Å². The van der Waals surface area contributed by atoms with Gasteiger partial charge in [0.1, 0.15) is 16.4 Å². The van der Waals surface area contributed by atoms with Gasteiger partial charge in [-0.25, -0.2) is 0 Å². The zero-order valence-corrected chi connectivity index (χ0v) is 21.6. The van der Waals surface area contributed by atoms with Crippen molar-refractivity contribution in [2.45, 2.75) is 59.5 Å². The van der Waals surface area contributed by atoms with Gasteiger partial charge in [-0.3, -0.25) is 19.3 Å². The van der Waals surface area contributed by atoms with Crippen molar-refractivity contribution in [1.82, 2.24) is 9.69 Å². The molecule has 0 spiro atoms. The van der Waals surface area contributed by atoms with Crippen LogP contribution < -0.4 is 21.7 Å². The molecule has 3 aromatic rings. The van der Waals surface area contributed by atoms with Crippen LogP contribution in [0.1, 0.15) is 76.0 Å². The number of primary amides is 1. The number of carbonyl (C=O) groups is 3. The highest BCUT2D eigenvalue weighted by Gasteiger charge is 2.39. The highest BCUT2D eigenvalue weighted by molar-refractivity contribution is 7.09. The molecule has 0 radical (unpaired) electrons. The molecule has 1 unspecified atom stereocenters. The fourth-order valence-electron chi connectivity index (χ4n) is 3.64. The zero-order chi connectivity index (χ0) is 26.1. The maximum Gasteiger partial charge on any atom is 0.273 e. The van der Waals surface area contributed by atoms with Gasteiger partial charge in [0.2, 0.25) is 0 Å². The molecule has 0 aliphatic carbocycles. The fourth-order valence-corrected chi connectivity index (χ4v) is 4.39. The molecule has 186 valence electrons. The Morgan fingerprint density at radius 3 is 2.37 bits per heavy atom. The molecule has 0 aliphatic rings. The number of nitrogens with zero attached hydrogens (tertiary/aromatic N) is 2. The topological polar surface area (TPSA) is 145 Å². The van der Waals surface area contributed by atoms with Gasteiger partial charge in [0.05, 0.1) is 5.69 Å². The number of furan rings is 1. The number of hydrogen-bond donors (Lipinski definition) is 3. The second-order valence-corrected chi connectivity index (χ2v) is 9.95. The molecule has 0 saturated heterocycles. The molecule has 10 heteroatoms. The summed E-state index contributed by atoms with van der Waals surface area (Å²) >= 11 is 0.762. The van der Waals surface area contributed by atoms with Crippen LogP contribution in [0.3, 0.4) is 0 Å². The predicted octanol–water partition coefficient (Wildman–Crippen LogP) is 4.04. The second kappa shape index (κ2) is 9.91. The number of rotatable bonds is 8. The monoisotopic (exact) mass is 497 g/mol. The van der Waals surface area contributed by atoms with Crippen LogP contribution in [-0.4, -0.2) is 27.6 Å². The average Bonchev–Trinajstić information content (AvgIpc) is 3.37. The molecule has 3 rings (SSSR count). The molecule has 2 aromatic heterocycles. The number of hydrogen-bond acceptors (Lipinski definition) is 7. The highest BCUT2D eigenvalue weighted by Crippen LogP contribution is 2.36. The van der Waals surface area contributed by atoms with Gasteiger partial charge in [0.25, 0.3) is 17.7 Å². The van der Waals surface area contributed by atoms with Gasteiger partial charge < -0.3 is 21.2 Å². The maximum absolute atomic E-state index is 14.0. The van der Waals surface area contributed by atoms with Crippen LogP contribution in [0.2, 0.25) is 0 Å². The molecule has 0 bridgehead atoms. The number of nitrogens with one attached hydrogen (secondary N) is 1. The van der Waals surface area contributed by atoms with Crippen LogP contribution in [0.5, 0.6) is 0 Å². The highest BCUT2D eigenvalue weighted by atomic mass is 32.1. The number of anilines is 2. The van der Waals surface area contributed by atoms with Crippen molar-refractivity contribution in [2.75, 3.05) is 10.6 Å². The van der Waals surface area contributed by atoms with Crippen LogP contribution >= 0.6 is 11.5 Å². The van der Waals surface area contributed by atoms with Gasteiger partial charge in [0.15, 0.2) is 11.7 Å². The number of aromatic nitrogens is 1. The van der Waals surface area contributed by atoms with Crippen LogP contribution in [0.25, 0.3) is 0 Å². The lowest BCUT2D eigenvalue weighted by Gasteiger charge is -2.34. The Morgan fingerprint density at radius 2 is 1.86 bits per heavy atom. The first kappa shape index (κ1) is 26.0. The molecule has 35 heavy (non-hydrogen) atoms. The first-order chi connectivity index (χ1) is 16.4. The number of carbonyl (C=O) groups excluding carboxylic acids is 3. The Balaban J connectivity index is 2.25. The Labute approximate surface area is 208 Å². The zero-order valence-electron chi connectivity index (χ0n) is 20.8. The quantitative estimate of drug-likeness (QED) is 0.428. The Hall–Kier alpha value is -3.66. The smallest absolute Gasteiger partial charge is 0.273 e. The van der Waals surface area contributed by atoms with E-state index in [9.17, 15) is 14.4 Å². The molecular weight excluding hydrogens is 466 g/mol. The third kappa shape index (κ3) is 5.37. The van der Waals surface area contributed by atoms with Gasteiger partial charge in [-0.2, -0.15) is 4.37 Å². The molecule has 5 N–H and O–H groups in total. The second-order valence-electron chi connectivity index (χ2n) is 9.18. The number of amides is 3. The number of nitrogens with two attached hydrogens (primary N) is 2. The summed E-state index contributed by atoms with van der Waals surface area (Å²) in [6, 6.07) is 7.80. The SMILES string of the molecule is CCC(C)(C)NC(=O)C(c1ccc(C)o1)N(C(=O)c1snc(C(N)=O)c1N)c1ccc(C)cc1C. The standard InChI is InChI=1S/C25H31N5O4S/c1-7-25(5,6)28-23(32)20(17-11-9-15(4)34-17)30(16-10-8-13(2)12-14(16)3)24(33)21-18(26)19(22(27)31)29-35-21/h8-12,20H,7,26H2,1-6H3,(H2,27,31)(H,28,32). The van der Waals surface area contributed by atoms with Gasteiger partial charge in [0, 0.05) is 11.2 Å². The lowest BCUT2D eigenvalue weighted by molar-refractivity contribution is -0.124. The molecular formula is C25H31N5O4S. The van der Waals surface area contributed by atoms with Crippen molar-refractivity contribution < 1.29 is 18.8 Å². The first-order valence-corrected chi connectivity index (χ1v) is 12.0. The van der Waals surface area contributed by atoms with E-state index >= 15 is 0 Å². The minimum absolute atomic E-state index is 0.00889. The minimum Gasteiger partial charge on any atom is -0.464 e. The normalized spacial score (nSPS) is 12.3. The van der Waals surface area contributed by atoms with E-state index < -0.39 is 29.3 Å². The average molecular weight is 498 g/mol. The number of nitrogen functional groups attached to an aromatic ring is 1. The van der Waals surface area contributed by atoms with Crippen molar-refractivity contribution in [3.8, 4) is 0 Å². The summed E-state index contributed by atoms with van der Waals surface area (Å²) in [4.78, 5) is 40.9. The van der Waals surface area contributed by atoms with Crippen molar-refractivity contribution >= 4 is 40.6 Å². The summed E-state index contributed by atoms with van der Waals surface area (Å²) in [5, 5.41) is 3.03. The molecule has 1 aromatic carbocycles. The van der Waals surface area contributed by atoms with Gasteiger partial charge in [-0.05, 0) is 76.3 Å². The van der Waals surface area contributed by atoms with Gasteiger partial charge >= 0.3 is 0 Å². The van der Waals surface area contributed by atoms with Crippen molar-refractivity contribution in [3.63, 3.8) is 0 Å². The van der Waals surface area contributed by atoms with E-state index in [0.29, 0.717) is 23.6 Å². The van der Waals surface area contributed by atoms with E-state index in [0.717, 1.165) is 22.7 Å². The van der Waals surface area contributed by atoms with E-state index in [-0.39, 0.29) is 16.3 Å². The number of benzene rings is 1. The Morgan fingerprint density at radius 1 is 1.17 bits per heavy atom. The summed E-state index contributed by atoms with van der Waals surface area (Å²) in [7, 11) is 0. The maximum atomic E-state index is 14.0. The van der Waals surface area contributed by atoms with Crippen LogP contribution in [-0.2, 0) is 4.79 Å². The largest absolute Gasteiger partial charge is 0.464 e. The molecule has 3 amide bonds. The molecule has 0 saturated carbocycles. The van der Waals surface area contributed by atoms with Crippen molar-refractivity contribution in [3.05, 3.63) is 63.6 Å². The first-order valence-electron chi connectivity index (χ1n) is 11.2. The van der Waals surface area contributed by atoms with Crippen LogP contribution in [0.4, 0.5) is 11.4 Å². The third-order valence-corrected chi connectivity index (χ3v) is 6.72. The molecule has 9 nitrogen and oxygen atoms in total. The Bertz CT molecular complexity index is 1280. The minimum atomic E-state index is -1.15. The van der Waals surface area contributed by atoms with Crippen LogP contribution in [0, 0.1) is 20.8 Å². The van der Waals surface area contributed by atoms with Gasteiger partial charge in [-0.1, -0.05) is 24.6 Å². The van der Waals surface area contributed by atoms with E-state index in [4.69, 9.17) is 15.9 Å². The van der Waals surface area contributed by atoms with E-state index in [2.05, 4.69) is 9.69 Å². The molecule has 2 heterocycles. The van der Waals surface area contributed by atoms with Crippen molar-refractivity contribution in [1.29, 1.82) is 0 Å². The molecule has 1 atom stereocenters. The van der Waals surface area contributed by atoms with E-state index in [1.54, 1.807) is 25.1 Å². The third-order valence-electron chi connectivity index (χ3n) is 5.87. The molecule has 0 fully saturated rings. The summed E-state index contributed by atoms with van der Waals surface area (Å²) in [5.74, 6) is -0.968. The predicted molar refractivity (Wildman–Crippen MR) is 136 cm³/mol. The Kier molecular flexibility index (Phi) is 7.35.